The fourth-order valence-corrected chi connectivity index (χ4v) is 4.23. The van der Waals surface area contributed by atoms with Crippen LogP contribution in [0.2, 0.25) is 0 Å². The Balaban J connectivity index is 1.92. The number of amides is 1. The van der Waals surface area contributed by atoms with Gasteiger partial charge < -0.3 is 4.90 Å². The van der Waals surface area contributed by atoms with Crippen LogP contribution in [-0.4, -0.2) is 17.4 Å². The topological polar surface area (TPSA) is 20.3 Å². The summed E-state index contributed by atoms with van der Waals surface area (Å²) in [6.07, 6.45) is 1.99. The molecule has 4 heteroatoms. The predicted molar refractivity (Wildman–Crippen MR) is 76.4 cm³/mol. The Morgan fingerprint density at radius 1 is 1.39 bits per heavy atom. The maximum atomic E-state index is 12.5. The van der Waals surface area contributed by atoms with E-state index in [0.717, 1.165) is 24.3 Å². The van der Waals surface area contributed by atoms with Crippen molar-refractivity contribution in [2.75, 3.05) is 6.54 Å². The predicted octanol–water partition coefficient (Wildman–Crippen LogP) is 3.96. The molecular weight excluding hydrogens is 262 g/mol. The van der Waals surface area contributed by atoms with Crippen LogP contribution in [-0.2, 0) is 6.42 Å². The molecule has 0 bridgehead atoms. The molecule has 3 heterocycles. The van der Waals surface area contributed by atoms with Crippen molar-refractivity contribution in [3.63, 3.8) is 0 Å². The smallest absolute Gasteiger partial charge is 0.264 e. The third-order valence-corrected chi connectivity index (χ3v) is 5.33. The van der Waals surface area contributed by atoms with Crippen molar-refractivity contribution in [3.05, 3.63) is 44.3 Å². The lowest BCUT2D eigenvalue weighted by Crippen LogP contribution is -2.38. The van der Waals surface area contributed by atoms with Crippen LogP contribution in [0.4, 0.5) is 0 Å². The van der Waals surface area contributed by atoms with E-state index in [-0.39, 0.29) is 11.9 Å². The van der Waals surface area contributed by atoms with Crippen molar-refractivity contribution in [1.29, 1.82) is 0 Å². The fraction of sp³-hybridized carbons (Fsp3) is 0.357. The summed E-state index contributed by atoms with van der Waals surface area (Å²) in [6.45, 7) is 3.01. The first-order chi connectivity index (χ1) is 8.81. The molecule has 0 saturated heterocycles. The van der Waals surface area contributed by atoms with Gasteiger partial charge in [-0.05, 0) is 41.3 Å². The van der Waals surface area contributed by atoms with Crippen LogP contribution in [0, 0.1) is 0 Å². The van der Waals surface area contributed by atoms with Gasteiger partial charge in [-0.2, -0.15) is 0 Å². The second-order valence-electron chi connectivity index (χ2n) is 4.45. The monoisotopic (exact) mass is 277 g/mol. The van der Waals surface area contributed by atoms with Gasteiger partial charge in [0, 0.05) is 11.4 Å². The largest absolute Gasteiger partial charge is 0.331 e. The van der Waals surface area contributed by atoms with Crippen molar-refractivity contribution in [1.82, 2.24) is 4.90 Å². The van der Waals surface area contributed by atoms with Crippen molar-refractivity contribution in [2.24, 2.45) is 0 Å². The van der Waals surface area contributed by atoms with Gasteiger partial charge in [0.25, 0.3) is 5.91 Å². The number of hydrogen-bond donors (Lipinski definition) is 0. The Hall–Kier alpha value is -1.13. The molecule has 1 unspecified atom stereocenters. The summed E-state index contributed by atoms with van der Waals surface area (Å²) in [6, 6.07) is 6.30. The van der Waals surface area contributed by atoms with E-state index in [0.29, 0.717) is 0 Å². The standard InChI is InChI=1S/C14H15NOS2/c1-2-11-10-6-9-18-12(10)5-7-15(11)14(16)13-4-3-8-17-13/h3-4,6,8-9,11H,2,5,7H2,1H3. The van der Waals surface area contributed by atoms with Gasteiger partial charge in [0.05, 0.1) is 10.9 Å². The summed E-state index contributed by atoms with van der Waals surface area (Å²) in [4.78, 5) is 16.9. The molecule has 94 valence electrons. The molecule has 0 saturated carbocycles. The van der Waals surface area contributed by atoms with E-state index in [9.17, 15) is 4.79 Å². The van der Waals surface area contributed by atoms with Crippen LogP contribution in [0.1, 0.15) is 39.5 Å². The second kappa shape index (κ2) is 4.86. The fourth-order valence-electron chi connectivity index (χ4n) is 2.62. The molecule has 1 aliphatic heterocycles. The van der Waals surface area contributed by atoms with Crippen LogP contribution >= 0.6 is 22.7 Å². The van der Waals surface area contributed by atoms with Gasteiger partial charge in [-0.25, -0.2) is 0 Å². The lowest BCUT2D eigenvalue weighted by Gasteiger charge is -2.35. The van der Waals surface area contributed by atoms with E-state index < -0.39 is 0 Å². The van der Waals surface area contributed by atoms with Crippen LogP contribution in [0.15, 0.2) is 29.0 Å². The number of nitrogens with zero attached hydrogens (tertiary/aromatic N) is 1. The van der Waals surface area contributed by atoms with Gasteiger partial charge in [-0.1, -0.05) is 13.0 Å². The van der Waals surface area contributed by atoms with Crippen LogP contribution in [0.5, 0.6) is 0 Å². The first-order valence-electron chi connectivity index (χ1n) is 6.22. The molecular formula is C14H15NOS2. The van der Waals surface area contributed by atoms with Gasteiger partial charge in [0.15, 0.2) is 0 Å². The number of fused-ring (bicyclic) bond motifs is 1. The number of carbonyl (C=O) groups excluding carboxylic acids is 1. The molecule has 0 spiro atoms. The number of thiophene rings is 2. The van der Waals surface area contributed by atoms with E-state index in [1.807, 2.05) is 33.7 Å². The van der Waals surface area contributed by atoms with E-state index in [4.69, 9.17) is 0 Å². The number of rotatable bonds is 2. The van der Waals surface area contributed by atoms with Crippen LogP contribution in [0.3, 0.4) is 0 Å². The third kappa shape index (κ3) is 1.89. The Kier molecular flexibility index (Phi) is 3.22. The van der Waals surface area contributed by atoms with Gasteiger partial charge in [-0.15, -0.1) is 22.7 Å². The molecule has 0 fully saturated rings. The zero-order valence-electron chi connectivity index (χ0n) is 10.3. The summed E-state index contributed by atoms with van der Waals surface area (Å²) in [5.41, 5.74) is 1.36. The highest BCUT2D eigenvalue weighted by atomic mass is 32.1. The zero-order chi connectivity index (χ0) is 12.5. The minimum absolute atomic E-state index is 0.189. The average molecular weight is 277 g/mol. The summed E-state index contributed by atoms with van der Waals surface area (Å²) < 4.78 is 0. The maximum absolute atomic E-state index is 12.5. The highest BCUT2D eigenvalue weighted by molar-refractivity contribution is 7.12. The Morgan fingerprint density at radius 2 is 2.28 bits per heavy atom. The van der Waals surface area contributed by atoms with Gasteiger partial charge in [-0.3, -0.25) is 4.79 Å². The lowest BCUT2D eigenvalue weighted by molar-refractivity contribution is 0.0662. The van der Waals surface area contributed by atoms with E-state index >= 15 is 0 Å². The van der Waals surface area contributed by atoms with Crippen molar-refractivity contribution in [2.45, 2.75) is 25.8 Å². The number of hydrogen-bond acceptors (Lipinski definition) is 3. The molecule has 1 atom stereocenters. The Morgan fingerprint density at radius 3 is 3.00 bits per heavy atom. The minimum Gasteiger partial charge on any atom is -0.331 e. The SMILES string of the molecule is CCC1c2ccsc2CCN1C(=O)c1cccs1. The summed E-state index contributed by atoms with van der Waals surface area (Å²) >= 11 is 3.35. The van der Waals surface area contributed by atoms with Crippen LogP contribution in [0.25, 0.3) is 0 Å². The number of carbonyl (C=O) groups is 1. The van der Waals surface area contributed by atoms with Crippen molar-refractivity contribution < 1.29 is 4.79 Å². The van der Waals surface area contributed by atoms with Gasteiger partial charge in [0.2, 0.25) is 0 Å². The molecule has 3 rings (SSSR count). The molecule has 1 aliphatic rings. The van der Waals surface area contributed by atoms with Gasteiger partial charge in [0.1, 0.15) is 0 Å². The molecule has 0 radical (unpaired) electrons. The lowest BCUT2D eigenvalue weighted by atomic mass is 9.97. The Bertz CT molecular complexity index is 544. The van der Waals surface area contributed by atoms with E-state index in [1.54, 1.807) is 0 Å². The highest BCUT2D eigenvalue weighted by Gasteiger charge is 2.31. The molecule has 2 nitrogen and oxygen atoms in total. The van der Waals surface area contributed by atoms with Gasteiger partial charge >= 0.3 is 0 Å². The highest BCUT2D eigenvalue weighted by Crippen LogP contribution is 2.36. The zero-order valence-corrected chi connectivity index (χ0v) is 11.9. The first kappa shape index (κ1) is 11.9. The Labute approximate surface area is 115 Å². The quantitative estimate of drug-likeness (QED) is 0.813. The molecule has 18 heavy (non-hydrogen) atoms. The first-order valence-corrected chi connectivity index (χ1v) is 7.98. The molecule has 1 amide bonds. The maximum Gasteiger partial charge on any atom is 0.264 e. The molecule has 2 aromatic heterocycles. The molecule has 2 aromatic rings. The minimum atomic E-state index is 0.189. The normalized spacial score (nSPS) is 18.7. The molecule has 0 aromatic carbocycles. The third-order valence-electron chi connectivity index (χ3n) is 3.47. The van der Waals surface area contributed by atoms with Crippen LogP contribution < -0.4 is 0 Å². The van der Waals surface area contributed by atoms with E-state index in [1.165, 1.54) is 21.8 Å². The molecule has 0 aliphatic carbocycles. The summed E-state index contributed by atoms with van der Waals surface area (Å²) in [5, 5.41) is 4.11. The average Bonchev–Trinajstić information content (AvgIpc) is 3.06. The van der Waals surface area contributed by atoms with E-state index in [2.05, 4.69) is 18.4 Å². The summed E-state index contributed by atoms with van der Waals surface area (Å²) in [5.74, 6) is 0.189. The van der Waals surface area contributed by atoms with Crippen molar-refractivity contribution >= 4 is 28.6 Å². The second-order valence-corrected chi connectivity index (χ2v) is 6.40. The summed E-state index contributed by atoms with van der Waals surface area (Å²) in [7, 11) is 0. The van der Waals surface area contributed by atoms with Crippen molar-refractivity contribution in [3.8, 4) is 0 Å². The molecule has 0 N–H and O–H groups in total.